The van der Waals surface area contributed by atoms with Crippen LogP contribution in [0.4, 0.5) is 0 Å². The van der Waals surface area contributed by atoms with E-state index in [4.69, 9.17) is 4.74 Å². The first-order chi connectivity index (χ1) is 7.81. The number of ether oxygens (including phenoxy) is 1. The summed E-state index contributed by atoms with van der Waals surface area (Å²) in [6.07, 6.45) is 1.10. The molecule has 0 aromatic heterocycles. The Bertz CT molecular complexity index is 348. The molecule has 2 nitrogen and oxygen atoms in total. The second-order valence-electron chi connectivity index (χ2n) is 3.85. The quantitative estimate of drug-likeness (QED) is 0.927. The fourth-order valence-corrected chi connectivity index (χ4v) is 3.69. The van der Waals surface area contributed by atoms with Gasteiger partial charge in [-0.3, -0.25) is 0 Å². The summed E-state index contributed by atoms with van der Waals surface area (Å²) in [6, 6.07) is 8.90. The number of thioether (sulfide) groups is 1. The van der Waals surface area contributed by atoms with Crippen molar-refractivity contribution in [2.45, 2.75) is 22.6 Å². The van der Waals surface area contributed by atoms with Crippen molar-refractivity contribution < 1.29 is 4.74 Å². The van der Waals surface area contributed by atoms with E-state index in [0.717, 1.165) is 19.6 Å². The Hall–Kier alpha value is -0.0300. The molecule has 2 unspecified atom stereocenters. The maximum Gasteiger partial charge on any atom is 0.0603 e. The molecule has 1 aromatic rings. The van der Waals surface area contributed by atoms with E-state index in [1.165, 1.54) is 9.37 Å². The van der Waals surface area contributed by atoms with Crippen LogP contribution < -0.4 is 5.32 Å². The third-order valence-electron chi connectivity index (χ3n) is 2.79. The second kappa shape index (κ2) is 6.05. The normalized spacial score (nSPS) is 25.6. The minimum Gasteiger partial charge on any atom is -0.380 e. The third kappa shape index (κ3) is 3.00. The van der Waals surface area contributed by atoms with Gasteiger partial charge in [0.25, 0.3) is 0 Å². The molecule has 0 spiro atoms. The van der Waals surface area contributed by atoms with E-state index in [1.807, 2.05) is 24.9 Å². The Morgan fingerprint density at radius 1 is 1.44 bits per heavy atom. The molecule has 4 heteroatoms. The maximum atomic E-state index is 5.55. The lowest BCUT2D eigenvalue weighted by molar-refractivity contribution is 0.0850. The third-order valence-corrected chi connectivity index (χ3v) is 5.12. The summed E-state index contributed by atoms with van der Waals surface area (Å²) in [4.78, 5) is 1.29. The fourth-order valence-electron chi connectivity index (χ4n) is 1.86. The van der Waals surface area contributed by atoms with Crippen LogP contribution in [0, 0.1) is 0 Å². The van der Waals surface area contributed by atoms with Gasteiger partial charge in [-0.05, 0) is 41.5 Å². The minimum atomic E-state index is 0.498. The van der Waals surface area contributed by atoms with Gasteiger partial charge in [-0.25, -0.2) is 0 Å². The topological polar surface area (TPSA) is 21.3 Å². The van der Waals surface area contributed by atoms with Crippen LogP contribution in [0.2, 0.25) is 0 Å². The van der Waals surface area contributed by atoms with Gasteiger partial charge in [-0.1, -0.05) is 12.1 Å². The van der Waals surface area contributed by atoms with E-state index < -0.39 is 0 Å². The van der Waals surface area contributed by atoms with E-state index >= 15 is 0 Å². The lowest BCUT2D eigenvalue weighted by Crippen LogP contribution is -2.43. The fraction of sp³-hybridized carbons (Fsp3) is 0.500. The summed E-state index contributed by atoms with van der Waals surface area (Å²) >= 11 is 5.47. The SMILES string of the molecule is CNC1CCOCC1Sc1ccccc1Br. The highest BCUT2D eigenvalue weighted by molar-refractivity contribution is 9.10. The largest absolute Gasteiger partial charge is 0.380 e. The summed E-state index contributed by atoms with van der Waals surface area (Å²) in [5.74, 6) is 0. The Morgan fingerprint density at radius 2 is 2.25 bits per heavy atom. The number of rotatable bonds is 3. The number of hydrogen-bond donors (Lipinski definition) is 1. The molecule has 88 valence electrons. The summed E-state index contributed by atoms with van der Waals surface area (Å²) in [5, 5.41) is 3.88. The lowest BCUT2D eigenvalue weighted by Gasteiger charge is -2.30. The van der Waals surface area contributed by atoms with Gasteiger partial charge >= 0.3 is 0 Å². The van der Waals surface area contributed by atoms with E-state index in [0.29, 0.717) is 11.3 Å². The van der Waals surface area contributed by atoms with Gasteiger partial charge in [0.15, 0.2) is 0 Å². The summed E-state index contributed by atoms with van der Waals surface area (Å²) in [5.41, 5.74) is 0. The van der Waals surface area contributed by atoms with Crippen LogP contribution in [0.5, 0.6) is 0 Å². The average Bonchev–Trinajstić information content (AvgIpc) is 2.33. The zero-order valence-corrected chi connectivity index (χ0v) is 11.7. The molecular formula is C12H16BrNOS. The lowest BCUT2D eigenvalue weighted by atomic mass is 10.1. The Morgan fingerprint density at radius 3 is 3.00 bits per heavy atom. The Kier molecular flexibility index (Phi) is 4.70. The van der Waals surface area contributed by atoms with Gasteiger partial charge in [0.2, 0.25) is 0 Å². The zero-order chi connectivity index (χ0) is 11.4. The number of benzene rings is 1. The molecule has 1 saturated heterocycles. The summed E-state index contributed by atoms with van der Waals surface area (Å²) < 4.78 is 6.72. The predicted octanol–water partition coefficient (Wildman–Crippen LogP) is 2.92. The van der Waals surface area contributed by atoms with E-state index in [1.54, 1.807) is 0 Å². The minimum absolute atomic E-state index is 0.498. The van der Waals surface area contributed by atoms with Crippen molar-refractivity contribution in [1.29, 1.82) is 0 Å². The molecule has 1 aliphatic heterocycles. The van der Waals surface area contributed by atoms with Crippen molar-refractivity contribution in [1.82, 2.24) is 5.32 Å². The molecule has 0 amide bonds. The van der Waals surface area contributed by atoms with Gasteiger partial charge in [0, 0.05) is 27.3 Å². The van der Waals surface area contributed by atoms with Crippen LogP contribution in [-0.4, -0.2) is 31.6 Å². The first-order valence-corrected chi connectivity index (χ1v) is 7.14. The second-order valence-corrected chi connectivity index (χ2v) is 5.98. The molecule has 16 heavy (non-hydrogen) atoms. The maximum absolute atomic E-state index is 5.55. The van der Waals surface area contributed by atoms with Gasteiger partial charge in [0.1, 0.15) is 0 Å². The van der Waals surface area contributed by atoms with Crippen LogP contribution in [0.1, 0.15) is 6.42 Å². The molecule has 2 rings (SSSR count). The van der Waals surface area contributed by atoms with Crippen molar-refractivity contribution in [3.63, 3.8) is 0 Å². The van der Waals surface area contributed by atoms with Crippen LogP contribution in [0.3, 0.4) is 0 Å². The van der Waals surface area contributed by atoms with Crippen molar-refractivity contribution in [2.75, 3.05) is 20.3 Å². The van der Waals surface area contributed by atoms with E-state index in [-0.39, 0.29) is 0 Å². The molecule has 0 saturated carbocycles. The molecule has 1 aliphatic rings. The van der Waals surface area contributed by atoms with E-state index in [9.17, 15) is 0 Å². The Balaban J connectivity index is 2.05. The van der Waals surface area contributed by atoms with Crippen molar-refractivity contribution >= 4 is 27.7 Å². The standard InChI is InChI=1S/C12H16BrNOS/c1-14-10-6-7-15-8-12(10)16-11-5-3-2-4-9(11)13/h2-5,10,12,14H,6-8H2,1H3. The zero-order valence-electron chi connectivity index (χ0n) is 9.28. The van der Waals surface area contributed by atoms with Crippen molar-refractivity contribution in [2.24, 2.45) is 0 Å². The van der Waals surface area contributed by atoms with E-state index in [2.05, 4.69) is 39.4 Å². The smallest absolute Gasteiger partial charge is 0.0603 e. The molecule has 1 aromatic carbocycles. The van der Waals surface area contributed by atoms with Gasteiger partial charge < -0.3 is 10.1 Å². The molecule has 1 heterocycles. The van der Waals surface area contributed by atoms with Crippen LogP contribution >= 0.6 is 27.7 Å². The molecule has 0 bridgehead atoms. The monoisotopic (exact) mass is 301 g/mol. The van der Waals surface area contributed by atoms with Crippen molar-refractivity contribution in [3.8, 4) is 0 Å². The summed E-state index contributed by atoms with van der Waals surface area (Å²) in [7, 11) is 2.03. The van der Waals surface area contributed by atoms with Gasteiger partial charge in [-0.2, -0.15) is 0 Å². The number of hydrogen-bond acceptors (Lipinski definition) is 3. The van der Waals surface area contributed by atoms with Crippen LogP contribution in [0.15, 0.2) is 33.6 Å². The van der Waals surface area contributed by atoms with Gasteiger partial charge in [0.05, 0.1) is 6.61 Å². The van der Waals surface area contributed by atoms with Crippen LogP contribution in [-0.2, 0) is 4.74 Å². The summed E-state index contributed by atoms with van der Waals surface area (Å²) in [6.45, 7) is 1.70. The molecule has 1 fully saturated rings. The number of nitrogens with one attached hydrogen (secondary N) is 1. The highest BCUT2D eigenvalue weighted by atomic mass is 79.9. The molecule has 1 N–H and O–H groups in total. The predicted molar refractivity (Wildman–Crippen MR) is 72.1 cm³/mol. The average molecular weight is 302 g/mol. The highest BCUT2D eigenvalue weighted by Gasteiger charge is 2.25. The highest BCUT2D eigenvalue weighted by Crippen LogP contribution is 2.33. The van der Waals surface area contributed by atoms with Crippen LogP contribution in [0.25, 0.3) is 0 Å². The molecular weight excluding hydrogens is 286 g/mol. The first kappa shape index (κ1) is 12.4. The number of halogens is 1. The van der Waals surface area contributed by atoms with Gasteiger partial charge in [-0.15, -0.1) is 11.8 Å². The molecule has 0 aliphatic carbocycles. The Labute approximate surface area is 109 Å². The molecule has 2 atom stereocenters. The van der Waals surface area contributed by atoms with Crippen molar-refractivity contribution in [3.05, 3.63) is 28.7 Å². The first-order valence-electron chi connectivity index (χ1n) is 5.47. The molecule has 0 radical (unpaired) electrons.